The molecule has 1 saturated carbocycles. The predicted octanol–water partition coefficient (Wildman–Crippen LogP) is 3.44. The lowest BCUT2D eigenvalue weighted by Crippen LogP contribution is -2.46. The zero-order valence-corrected chi connectivity index (χ0v) is 13.8. The summed E-state index contributed by atoms with van der Waals surface area (Å²) in [6.45, 7) is 3.94. The summed E-state index contributed by atoms with van der Waals surface area (Å²) in [5.41, 5.74) is -0.561. The minimum Gasteiger partial charge on any atom is -0.337 e. The molecule has 1 N–H and O–H groups in total. The van der Waals surface area contributed by atoms with Crippen LogP contribution in [0.1, 0.15) is 50.8 Å². The molecule has 3 rings (SSSR count). The van der Waals surface area contributed by atoms with E-state index >= 15 is 0 Å². The van der Waals surface area contributed by atoms with Crippen LogP contribution in [-0.4, -0.2) is 40.3 Å². The first kappa shape index (κ1) is 17.1. The van der Waals surface area contributed by atoms with Crippen LogP contribution in [-0.2, 0) is 6.18 Å². The lowest BCUT2D eigenvalue weighted by atomic mass is 10.0. The molecule has 0 spiro atoms. The van der Waals surface area contributed by atoms with Crippen molar-refractivity contribution in [2.24, 2.45) is 5.41 Å². The van der Waals surface area contributed by atoms with Gasteiger partial charge in [0.05, 0.1) is 6.04 Å². The minimum atomic E-state index is -4.41. The van der Waals surface area contributed by atoms with Crippen LogP contribution < -0.4 is 5.32 Å². The number of carbonyl (C=O) groups is 1. The van der Waals surface area contributed by atoms with Crippen LogP contribution in [0.2, 0.25) is 0 Å². The fourth-order valence-corrected chi connectivity index (χ4v) is 3.23. The van der Waals surface area contributed by atoms with Crippen LogP contribution >= 0.6 is 0 Å². The second-order valence-corrected chi connectivity index (χ2v) is 6.91. The molecule has 1 aromatic rings. The van der Waals surface area contributed by atoms with Crippen LogP contribution in [0, 0.1) is 5.41 Å². The normalized spacial score (nSPS) is 20.9. The molecule has 2 aliphatic rings. The highest BCUT2D eigenvalue weighted by Crippen LogP contribution is 2.47. The van der Waals surface area contributed by atoms with Crippen LogP contribution in [0.25, 0.3) is 0 Å². The Hall–Kier alpha value is -1.73. The summed E-state index contributed by atoms with van der Waals surface area (Å²) in [4.78, 5) is 14.0. The topological polar surface area (TPSA) is 50.2 Å². The summed E-state index contributed by atoms with van der Waals surface area (Å²) >= 11 is 0. The predicted molar refractivity (Wildman–Crippen MR) is 82.4 cm³/mol. The van der Waals surface area contributed by atoms with E-state index in [9.17, 15) is 18.0 Å². The number of alkyl halides is 3. The summed E-state index contributed by atoms with van der Waals surface area (Å²) in [5.74, 6) is 0. The molecule has 1 saturated heterocycles. The second-order valence-electron chi connectivity index (χ2n) is 6.91. The van der Waals surface area contributed by atoms with Gasteiger partial charge in [-0.3, -0.25) is 4.68 Å². The van der Waals surface area contributed by atoms with Gasteiger partial charge in [-0.1, -0.05) is 6.92 Å². The van der Waals surface area contributed by atoms with E-state index < -0.39 is 11.9 Å². The van der Waals surface area contributed by atoms with Crippen molar-refractivity contribution in [1.29, 1.82) is 0 Å². The van der Waals surface area contributed by atoms with Gasteiger partial charge in [0.15, 0.2) is 5.69 Å². The van der Waals surface area contributed by atoms with Gasteiger partial charge in [-0.25, -0.2) is 4.79 Å². The van der Waals surface area contributed by atoms with Crippen molar-refractivity contribution in [2.75, 3.05) is 19.6 Å². The Morgan fingerprint density at radius 1 is 1.38 bits per heavy atom. The standard InChI is InChI=1S/C16H23F3N4O/c1-2-15(6-7-15)11-20-14(24)22-8-3-12(4-9-22)23-10-5-13(21-23)16(17,18)19/h5,10,12H,2-4,6-9,11H2,1H3,(H,20,24). The van der Waals surface area contributed by atoms with Crippen molar-refractivity contribution in [3.05, 3.63) is 18.0 Å². The number of hydrogen-bond acceptors (Lipinski definition) is 2. The molecule has 0 bridgehead atoms. The summed E-state index contributed by atoms with van der Waals surface area (Å²) < 4.78 is 39.2. The highest BCUT2D eigenvalue weighted by Gasteiger charge is 2.41. The van der Waals surface area contributed by atoms with Crippen molar-refractivity contribution >= 4 is 6.03 Å². The molecule has 1 aliphatic heterocycles. The van der Waals surface area contributed by atoms with E-state index in [1.165, 1.54) is 23.7 Å². The van der Waals surface area contributed by atoms with Gasteiger partial charge in [0.1, 0.15) is 0 Å². The maximum atomic E-state index is 12.6. The van der Waals surface area contributed by atoms with Crippen molar-refractivity contribution < 1.29 is 18.0 Å². The van der Waals surface area contributed by atoms with Crippen LogP contribution in [0.5, 0.6) is 0 Å². The molecule has 0 aromatic carbocycles. The van der Waals surface area contributed by atoms with Crippen molar-refractivity contribution in [1.82, 2.24) is 20.0 Å². The van der Waals surface area contributed by atoms with E-state index in [-0.39, 0.29) is 12.1 Å². The largest absolute Gasteiger partial charge is 0.435 e. The number of urea groups is 1. The molecule has 2 fully saturated rings. The quantitative estimate of drug-likeness (QED) is 0.910. The molecule has 1 aromatic heterocycles. The van der Waals surface area contributed by atoms with Crippen molar-refractivity contribution in [2.45, 2.75) is 51.2 Å². The molecule has 134 valence electrons. The molecule has 0 radical (unpaired) electrons. The highest BCUT2D eigenvalue weighted by molar-refractivity contribution is 5.74. The summed E-state index contributed by atoms with van der Waals surface area (Å²) in [5, 5.41) is 6.64. The van der Waals surface area contributed by atoms with E-state index in [1.54, 1.807) is 4.90 Å². The third-order valence-electron chi connectivity index (χ3n) is 5.35. The lowest BCUT2D eigenvalue weighted by Gasteiger charge is -2.32. The Morgan fingerprint density at radius 3 is 2.54 bits per heavy atom. The summed E-state index contributed by atoms with van der Waals surface area (Å²) in [7, 11) is 0. The molecule has 5 nitrogen and oxygen atoms in total. The first-order chi connectivity index (χ1) is 11.3. The number of rotatable bonds is 4. The third-order valence-corrected chi connectivity index (χ3v) is 5.35. The maximum absolute atomic E-state index is 12.6. The Labute approximate surface area is 139 Å². The molecular formula is C16H23F3N4O. The lowest BCUT2D eigenvalue weighted by molar-refractivity contribution is -0.141. The third kappa shape index (κ3) is 3.67. The summed E-state index contributed by atoms with van der Waals surface area (Å²) in [6.07, 6.45) is 1.62. The van der Waals surface area contributed by atoms with Gasteiger partial charge in [-0.05, 0) is 43.6 Å². The first-order valence-corrected chi connectivity index (χ1v) is 8.48. The molecule has 1 aliphatic carbocycles. The van der Waals surface area contributed by atoms with Crippen LogP contribution in [0.3, 0.4) is 0 Å². The van der Waals surface area contributed by atoms with Gasteiger partial charge in [0, 0.05) is 25.8 Å². The number of carbonyl (C=O) groups excluding carboxylic acids is 1. The van der Waals surface area contributed by atoms with Gasteiger partial charge < -0.3 is 10.2 Å². The summed E-state index contributed by atoms with van der Waals surface area (Å²) in [6, 6.07) is 0.846. The number of aromatic nitrogens is 2. The zero-order chi connectivity index (χ0) is 17.4. The minimum absolute atomic E-state index is 0.0652. The molecule has 2 heterocycles. The van der Waals surface area contributed by atoms with E-state index in [1.807, 2.05) is 0 Å². The van der Waals surface area contributed by atoms with E-state index in [4.69, 9.17) is 0 Å². The molecule has 8 heteroatoms. The zero-order valence-electron chi connectivity index (χ0n) is 13.8. The Morgan fingerprint density at radius 2 is 2.04 bits per heavy atom. The number of nitrogens with zero attached hydrogens (tertiary/aromatic N) is 3. The average Bonchev–Trinajstić information content (AvgIpc) is 3.16. The highest BCUT2D eigenvalue weighted by atomic mass is 19.4. The van der Waals surface area contributed by atoms with E-state index in [2.05, 4.69) is 17.3 Å². The number of hydrogen-bond donors (Lipinski definition) is 1. The van der Waals surface area contributed by atoms with Crippen LogP contribution in [0.15, 0.2) is 12.3 Å². The number of amides is 2. The van der Waals surface area contributed by atoms with Gasteiger partial charge in [-0.2, -0.15) is 18.3 Å². The van der Waals surface area contributed by atoms with Crippen molar-refractivity contribution in [3.63, 3.8) is 0 Å². The Kier molecular flexibility index (Phi) is 4.48. The number of piperidine rings is 1. The SMILES string of the molecule is CCC1(CNC(=O)N2CCC(n3ccc(C(F)(F)F)n3)CC2)CC1. The molecule has 2 amide bonds. The monoisotopic (exact) mass is 344 g/mol. The number of halogens is 3. The maximum Gasteiger partial charge on any atom is 0.435 e. The Balaban J connectivity index is 1.48. The van der Waals surface area contributed by atoms with E-state index in [0.717, 1.165) is 19.0 Å². The molecule has 24 heavy (non-hydrogen) atoms. The van der Waals surface area contributed by atoms with E-state index in [0.29, 0.717) is 31.3 Å². The fourth-order valence-electron chi connectivity index (χ4n) is 3.23. The second kappa shape index (κ2) is 6.29. The fraction of sp³-hybridized carbons (Fsp3) is 0.750. The van der Waals surface area contributed by atoms with Gasteiger partial charge in [0.2, 0.25) is 0 Å². The smallest absolute Gasteiger partial charge is 0.337 e. The van der Waals surface area contributed by atoms with Gasteiger partial charge in [0.25, 0.3) is 0 Å². The van der Waals surface area contributed by atoms with Crippen molar-refractivity contribution in [3.8, 4) is 0 Å². The molecule has 0 atom stereocenters. The van der Waals surface area contributed by atoms with Gasteiger partial charge in [-0.15, -0.1) is 0 Å². The Bertz CT molecular complexity index is 586. The molecular weight excluding hydrogens is 321 g/mol. The number of likely N-dealkylation sites (tertiary alicyclic amines) is 1. The average molecular weight is 344 g/mol. The van der Waals surface area contributed by atoms with Crippen LogP contribution in [0.4, 0.5) is 18.0 Å². The van der Waals surface area contributed by atoms with Gasteiger partial charge >= 0.3 is 12.2 Å². The first-order valence-electron chi connectivity index (χ1n) is 8.48. The number of nitrogens with one attached hydrogen (secondary N) is 1. The molecule has 0 unspecified atom stereocenters.